The Morgan fingerprint density at radius 3 is 1.28 bits per heavy atom. The summed E-state index contributed by atoms with van der Waals surface area (Å²) in [4.78, 5) is 50.9. The molecule has 0 aliphatic carbocycles. The van der Waals surface area contributed by atoms with E-state index >= 15 is 0 Å². The molecule has 0 bridgehead atoms. The Hall–Kier alpha value is -1.56. The molecule has 1 atom stereocenters. The smallest absolute Gasteiger partial charge is 0.317 e. The lowest BCUT2D eigenvalue weighted by Gasteiger charge is -2.33. The summed E-state index contributed by atoms with van der Waals surface area (Å²) in [6, 6.07) is 0. The van der Waals surface area contributed by atoms with Crippen molar-refractivity contribution >= 4 is 25.3 Å². The number of unbranched alkanes of at least 4 members (excludes halogenated alkanes) is 1. The number of hydrogen-bond acceptors (Lipinski definition) is 8. The fourth-order valence-electron chi connectivity index (χ4n) is 3.56. The molecule has 1 unspecified atom stereocenters. The van der Waals surface area contributed by atoms with Gasteiger partial charge in [0.1, 0.15) is 0 Å². The number of hydrogen-bond donors (Lipinski definition) is 4. The molecule has 32 heavy (non-hydrogen) atoms. The Kier molecular flexibility index (Phi) is 13.0. The average Bonchev–Trinajstić information content (AvgIpc) is 2.67. The maximum Gasteiger partial charge on any atom is 0.317 e. The van der Waals surface area contributed by atoms with Gasteiger partial charge in [0.2, 0.25) is 7.37 Å². The summed E-state index contributed by atoms with van der Waals surface area (Å²) >= 11 is 0. The number of carboxylic acids is 3. The highest BCUT2D eigenvalue weighted by Gasteiger charge is 2.25. The SMILES string of the molecule is CCCCP(=O)(O)CN1CCN(CC(=O)O)CCN(CC(=O)O)CCN(CC(=O)O)CC1. The molecule has 0 spiro atoms. The first kappa shape index (κ1) is 28.5. The maximum absolute atomic E-state index is 12.6. The summed E-state index contributed by atoms with van der Waals surface area (Å²) in [6.07, 6.45) is 1.62. The van der Waals surface area contributed by atoms with E-state index in [2.05, 4.69) is 0 Å². The monoisotopic (exact) mass is 480 g/mol. The molecule has 1 rings (SSSR count). The minimum absolute atomic E-state index is 0.0278. The van der Waals surface area contributed by atoms with E-state index in [1.165, 1.54) is 0 Å². The molecule has 4 N–H and O–H groups in total. The summed E-state index contributed by atoms with van der Waals surface area (Å²) < 4.78 is 12.6. The van der Waals surface area contributed by atoms with Crippen LogP contribution in [0.2, 0.25) is 0 Å². The second-order valence-corrected chi connectivity index (χ2v) is 10.6. The molecule has 1 fully saturated rings. The van der Waals surface area contributed by atoms with Crippen molar-refractivity contribution in [3.05, 3.63) is 0 Å². The molecule has 1 heterocycles. The van der Waals surface area contributed by atoms with E-state index in [1.54, 1.807) is 19.6 Å². The first-order chi connectivity index (χ1) is 15.0. The summed E-state index contributed by atoms with van der Waals surface area (Å²) in [5.41, 5.74) is 0. The molecule has 1 aliphatic rings. The van der Waals surface area contributed by atoms with E-state index in [0.717, 1.165) is 6.42 Å². The van der Waals surface area contributed by atoms with Crippen molar-refractivity contribution in [2.45, 2.75) is 19.8 Å². The topological polar surface area (TPSA) is 162 Å². The molecule has 1 saturated heterocycles. The molecule has 12 nitrogen and oxygen atoms in total. The third-order valence-corrected chi connectivity index (χ3v) is 7.15. The van der Waals surface area contributed by atoms with Gasteiger partial charge >= 0.3 is 17.9 Å². The van der Waals surface area contributed by atoms with E-state index in [1.807, 2.05) is 6.92 Å². The highest BCUT2D eigenvalue weighted by Crippen LogP contribution is 2.41. The van der Waals surface area contributed by atoms with Gasteiger partial charge in [-0.2, -0.15) is 0 Å². The van der Waals surface area contributed by atoms with Crippen molar-refractivity contribution < 1.29 is 39.2 Å². The van der Waals surface area contributed by atoms with Crippen LogP contribution >= 0.6 is 7.37 Å². The summed E-state index contributed by atoms with van der Waals surface area (Å²) in [6.45, 7) is 3.92. The lowest BCUT2D eigenvalue weighted by atomic mass is 10.3. The fourth-order valence-corrected chi connectivity index (χ4v) is 5.42. The number of rotatable bonds is 11. The van der Waals surface area contributed by atoms with Crippen LogP contribution in [-0.4, -0.2) is 142 Å². The molecule has 1 aliphatic heterocycles. The Morgan fingerprint density at radius 1 is 0.688 bits per heavy atom. The van der Waals surface area contributed by atoms with Gasteiger partial charge in [0.05, 0.1) is 25.9 Å². The van der Waals surface area contributed by atoms with Gasteiger partial charge < -0.3 is 20.2 Å². The van der Waals surface area contributed by atoms with Crippen LogP contribution in [0, 0.1) is 0 Å². The Labute approximate surface area is 188 Å². The van der Waals surface area contributed by atoms with Crippen LogP contribution in [0.5, 0.6) is 0 Å². The molecular formula is C19H37N4O8P. The molecule has 0 aromatic heterocycles. The van der Waals surface area contributed by atoms with Crippen molar-refractivity contribution in [3.8, 4) is 0 Å². The maximum atomic E-state index is 12.6. The van der Waals surface area contributed by atoms with Crippen LogP contribution < -0.4 is 0 Å². The summed E-state index contributed by atoms with van der Waals surface area (Å²) in [5.74, 6) is -3.02. The first-order valence-corrected chi connectivity index (χ1v) is 12.9. The van der Waals surface area contributed by atoms with Gasteiger partial charge in [0.25, 0.3) is 0 Å². The van der Waals surface area contributed by atoms with Crippen LogP contribution in [0.4, 0.5) is 0 Å². The Balaban J connectivity index is 2.98. The molecule has 0 aromatic carbocycles. The summed E-state index contributed by atoms with van der Waals surface area (Å²) in [5, 5.41) is 27.6. The molecule has 13 heteroatoms. The minimum Gasteiger partial charge on any atom is -0.480 e. The van der Waals surface area contributed by atoms with E-state index in [4.69, 9.17) is 5.11 Å². The van der Waals surface area contributed by atoms with Crippen LogP contribution in [0.25, 0.3) is 0 Å². The van der Waals surface area contributed by atoms with Crippen molar-refractivity contribution in [1.29, 1.82) is 0 Å². The number of nitrogens with zero attached hydrogens (tertiary/aromatic N) is 4. The zero-order valence-corrected chi connectivity index (χ0v) is 19.7. The van der Waals surface area contributed by atoms with Gasteiger partial charge in [0, 0.05) is 58.5 Å². The number of carboxylic acid groups (broad SMARTS) is 3. The third-order valence-electron chi connectivity index (χ3n) is 5.29. The minimum atomic E-state index is -3.39. The lowest BCUT2D eigenvalue weighted by Crippen LogP contribution is -2.48. The molecular weight excluding hydrogens is 443 g/mol. The van der Waals surface area contributed by atoms with Crippen molar-refractivity contribution in [1.82, 2.24) is 19.6 Å². The van der Waals surface area contributed by atoms with Crippen LogP contribution in [0.15, 0.2) is 0 Å². The first-order valence-electron chi connectivity index (χ1n) is 10.9. The Morgan fingerprint density at radius 2 is 1.00 bits per heavy atom. The van der Waals surface area contributed by atoms with Gasteiger partial charge in [0.15, 0.2) is 0 Å². The molecule has 0 aromatic rings. The lowest BCUT2D eigenvalue weighted by molar-refractivity contribution is -0.140. The standard InChI is InChI=1S/C19H37N4O8P/c1-2-3-12-32(30,31)16-23-10-8-21(14-18(26)27)6-4-20(13-17(24)25)5-7-22(9-11-23)15-19(28)29/h2-16H2,1H3,(H,24,25)(H,26,27)(H,28,29)(H,30,31). The number of aliphatic carboxylic acids is 3. The van der Waals surface area contributed by atoms with Gasteiger partial charge in [-0.05, 0) is 6.42 Å². The second kappa shape index (κ2) is 14.6. The molecule has 0 radical (unpaired) electrons. The van der Waals surface area contributed by atoms with Crippen molar-refractivity contribution in [2.24, 2.45) is 0 Å². The normalized spacial score (nSPS) is 20.7. The highest BCUT2D eigenvalue weighted by atomic mass is 31.2. The largest absolute Gasteiger partial charge is 0.480 e. The third kappa shape index (κ3) is 13.1. The predicted octanol–water partition coefficient (Wildman–Crippen LogP) is -0.510. The van der Waals surface area contributed by atoms with Gasteiger partial charge in [-0.3, -0.25) is 38.5 Å². The zero-order chi connectivity index (χ0) is 24.1. The van der Waals surface area contributed by atoms with Crippen LogP contribution in [0.1, 0.15) is 19.8 Å². The van der Waals surface area contributed by atoms with E-state index < -0.39 is 25.3 Å². The number of carbonyl (C=O) groups is 3. The van der Waals surface area contributed by atoms with Crippen LogP contribution in [0.3, 0.4) is 0 Å². The molecule has 0 amide bonds. The van der Waals surface area contributed by atoms with E-state index in [0.29, 0.717) is 58.8 Å². The van der Waals surface area contributed by atoms with Gasteiger partial charge in [-0.1, -0.05) is 13.3 Å². The van der Waals surface area contributed by atoms with Gasteiger partial charge in [-0.15, -0.1) is 0 Å². The molecule has 186 valence electrons. The average molecular weight is 480 g/mol. The van der Waals surface area contributed by atoms with Gasteiger partial charge in [-0.25, -0.2) is 0 Å². The van der Waals surface area contributed by atoms with Crippen molar-refractivity contribution in [3.63, 3.8) is 0 Å². The van der Waals surface area contributed by atoms with E-state index in [-0.39, 0.29) is 32.1 Å². The highest BCUT2D eigenvalue weighted by molar-refractivity contribution is 7.57. The molecule has 0 saturated carbocycles. The van der Waals surface area contributed by atoms with Crippen LogP contribution in [-0.2, 0) is 18.9 Å². The summed E-state index contributed by atoms with van der Waals surface area (Å²) in [7, 11) is -3.39. The van der Waals surface area contributed by atoms with Crippen molar-refractivity contribution in [2.75, 3.05) is 84.4 Å². The zero-order valence-electron chi connectivity index (χ0n) is 18.8. The predicted molar refractivity (Wildman–Crippen MR) is 118 cm³/mol. The van der Waals surface area contributed by atoms with E-state index in [9.17, 15) is 34.1 Å². The fraction of sp³-hybridized carbons (Fsp3) is 0.842. The Bertz CT molecular complexity index is 633. The second-order valence-electron chi connectivity index (χ2n) is 8.19. The quantitative estimate of drug-likeness (QED) is 0.281.